The second-order valence-electron chi connectivity index (χ2n) is 13.7. The highest BCUT2D eigenvalue weighted by Crippen LogP contribution is 2.41. The molecule has 0 radical (unpaired) electrons. The van der Waals surface area contributed by atoms with Gasteiger partial charge in [0.15, 0.2) is 0 Å². The number of hydrogen-bond acceptors (Lipinski definition) is 2. The van der Waals surface area contributed by atoms with Crippen molar-refractivity contribution in [3.8, 4) is 27.9 Å². The molecule has 1 aliphatic rings. The van der Waals surface area contributed by atoms with E-state index in [0.717, 1.165) is 38.9 Å². The number of rotatable bonds is 5. The van der Waals surface area contributed by atoms with Crippen molar-refractivity contribution in [2.24, 2.45) is 4.99 Å². The standard InChI is InChI=1S/C50H31IN2O/c1-3-12-33(13-4-1)49-40-17-7-9-19-43(40)52-50(51-49)34-24-22-32(23-25-34)38-18-11-21-47-48(38)42-31-36(27-29-46(42)54-47)35-26-28-45-41(30-35)39-16-8-10-20-44(39)53(45)37-14-5-2-6-15-37/h1-31H. The predicted molar refractivity (Wildman–Crippen MR) is 235 cm³/mol. The highest BCUT2D eigenvalue weighted by molar-refractivity contribution is 14.2. The van der Waals surface area contributed by atoms with Gasteiger partial charge in [0.05, 0.1) is 16.7 Å². The van der Waals surface area contributed by atoms with Gasteiger partial charge in [-0.3, -0.25) is 0 Å². The van der Waals surface area contributed by atoms with Gasteiger partial charge >= 0.3 is 0 Å². The van der Waals surface area contributed by atoms with Crippen LogP contribution in [0.15, 0.2) is 197 Å². The van der Waals surface area contributed by atoms with Gasteiger partial charge in [0, 0.05) is 41.9 Å². The lowest BCUT2D eigenvalue weighted by molar-refractivity contribution is 0.669. The monoisotopic (exact) mass is 802 g/mol. The van der Waals surface area contributed by atoms with Gasteiger partial charge < -0.3 is 8.98 Å². The Labute approximate surface area is 322 Å². The highest BCUT2D eigenvalue weighted by Gasteiger charge is 2.19. The van der Waals surface area contributed by atoms with E-state index in [2.05, 4.69) is 193 Å². The summed E-state index contributed by atoms with van der Waals surface area (Å²) >= 11 is -0.482. The van der Waals surface area contributed by atoms with E-state index in [1.165, 1.54) is 62.4 Å². The van der Waals surface area contributed by atoms with Crippen molar-refractivity contribution in [3.63, 3.8) is 0 Å². The molecule has 254 valence electrons. The van der Waals surface area contributed by atoms with E-state index in [-0.39, 0.29) is 0 Å². The first-order valence-corrected chi connectivity index (χ1v) is 20.3. The maximum Gasteiger partial charge on any atom is 0.136 e. The van der Waals surface area contributed by atoms with Crippen molar-refractivity contribution in [3.05, 3.63) is 205 Å². The maximum atomic E-state index is 6.47. The van der Waals surface area contributed by atoms with Crippen molar-refractivity contribution < 1.29 is 4.42 Å². The van der Waals surface area contributed by atoms with Crippen LogP contribution in [0.4, 0.5) is 5.69 Å². The van der Waals surface area contributed by atoms with Gasteiger partial charge in [0.2, 0.25) is 0 Å². The molecule has 0 unspecified atom stereocenters. The Bertz CT molecular complexity index is 3130. The molecular formula is C50H31IN2O. The second-order valence-corrected chi connectivity index (χ2v) is 16.3. The first kappa shape index (κ1) is 31.2. The number of furan rings is 1. The van der Waals surface area contributed by atoms with Gasteiger partial charge in [-0.15, -0.1) is 0 Å². The summed E-state index contributed by atoms with van der Waals surface area (Å²) in [6.07, 6.45) is 0. The summed E-state index contributed by atoms with van der Waals surface area (Å²) in [6.45, 7) is 0. The summed E-state index contributed by atoms with van der Waals surface area (Å²) in [5.41, 5.74) is 14.8. The third-order valence-corrected chi connectivity index (χ3v) is 13.6. The highest BCUT2D eigenvalue weighted by atomic mass is 127. The zero-order chi connectivity index (χ0) is 35.6. The predicted octanol–water partition coefficient (Wildman–Crippen LogP) is 13.6. The van der Waals surface area contributed by atoms with Crippen molar-refractivity contribution >= 4 is 77.4 Å². The maximum absolute atomic E-state index is 6.47. The van der Waals surface area contributed by atoms with Crippen LogP contribution in [0.1, 0.15) is 16.7 Å². The molecule has 0 bridgehead atoms. The number of fused-ring (bicyclic) bond motifs is 7. The average Bonchev–Trinajstić information content (AvgIpc) is 3.79. The molecule has 0 aliphatic carbocycles. The number of benzene rings is 8. The van der Waals surface area contributed by atoms with Crippen LogP contribution in [-0.4, -0.2) is 11.8 Å². The van der Waals surface area contributed by atoms with Crippen LogP contribution in [0.2, 0.25) is 0 Å². The van der Waals surface area contributed by atoms with Crippen LogP contribution in [-0.2, 0) is 0 Å². The Balaban J connectivity index is 1.00. The normalized spacial score (nSPS) is 12.8. The lowest BCUT2D eigenvalue weighted by Gasteiger charge is -2.17. The van der Waals surface area contributed by atoms with E-state index in [1.807, 2.05) is 0 Å². The molecule has 0 N–H and O–H groups in total. The van der Waals surface area contributed by atoms with Crippen molar-refractivity contribution in [1.82, 2.24) is 4.57 Å². The lowest BCUT2D eigenvalue weighted by atomic mass is 9.96. The third kappa shape index (κ3) is 5.09. The Morgan fingerprint density at radius 3 is 1.93 bits per heavy atom. The fourth-order valence-corrected chi connectivity index (χ4v) is 11.0. The molecule has 0 saturated heterocycles. The molecule has 3 nitrogen and oxygen atoms in total. The van der Waals surface area contributed by atoms with E-state index >= 15 is 0 Å². The summed E-state index contributed by atoms with van der Waals surface area (Å²) < 4.78 is 11.4. The van der Waals surface area contributed by atoms with Crippen LogP contribution >= 0.6 is 20.7 Å². The summed E-state index contributed by atoms with van der Waals surface area (Å²) in [4.78, 5) is 5.20. The van der Waals surface area contributed by atoms with Crippen LogP contribution in [0, 0.1) is 0 Å². The van der Waals surface area contributed by atoms with Gasteiger partial charge in [-0.25, -0.2) is 4.99 Å². The number of aliphatic imine (C=N–C) groups is 1. The van der Waals surface area contributed by atoms with Crippen LogP contribution in [0.5, 0.6) is 0 Å². The Kier molecular flexibility index (Phi) is 7.30. The number of hydrogen-bond donors (Lipinski definition) is 0. The molecule has 0 spiro atoms. The number of halogens is 1. The molecule has 10 aromatic rings. The number of para-hydroxylation sites is 3. The van der Waals surface area contributed by atoms with E-state index in [4.69, 9.17) is 9.41 Å². The van der Waals surface area contributed by atoms with Crippen molar-refractivity contribution in [2.45, 2.75) is 0 Å². The van der Waals surface area contributed by atoms with Gasteiger partial charge in [0.25, 0.3) is 0 Å². The van der Waals surface area contributed by atoms with Crippen molar-refractivity contribution in [1.29, 1.82) is 0 Å². The Morgan fingerprint density at radius 2 is 1.07 bits per heavy atom. The van der Waals surface area contributed by atoms with Crippen LogP contribution in [0.3, 0.4) is 0 Å². The van der Waals surface area contributed by atoms with Gasteiger partial charge in [0.1, 0.15) is 14.9 Å². The molecule has 4 heteroatoms. The first-order valence-electron chi connectivity index (χ1n) is 18.2. The van der Waals surface area contributed by atoms with E-state index in [0.29, 0.717) is 0 Å². The minimum atomic E-state index is -0.482. The van der Waals surface area contributed by atoms with E-state index < -0.39 is 20.7 Å². The second kappa shape index (κ2) is 12.6. The summed E-state index contributed by atoms with van der Waals surface area (Å²) in [5.74, 6) is 0. The summed E-state index contributed by atoms with van der Waals surface area (Å²) in [6, 6.07) is 67.5. The van der Waals surface area contributed by atoms with Gasteiger partial charge in [-0.2, -0.15) is 0 Å². The zero-order valence-corrected chi connectivity index (χ0v) is 31.2. The minimum Gasteiger partial charge on any atom is -0.456 e. The van der Waals surface area contributed by atoms with E-state index in [1.54, 1.807) is 0 Å². The van der Waals surface area contributed by atoms with Crippen LogP contribution < -0.4 is 0 Å². The van der Waals surface area contributed by atoms with Crippen LogP contribution in [0.25, 0.3) is 71.7 Å². The summed E-state index contributed by atoms with van der Waals surface area (Å²) in [7, 11) is 0. The quantitative estimate of drug-likeness (QED) is 0.159. The topological polar surface area (TPSA) is 30.4 Å². The fourth-order valence-electron chi connectivity index (χ4n) is 7.98. The molecular weight excluding hydrogens is 771 g/mol. The Morgan fingerprint density at radius 1 is 0.426 bits per heavy atom. The van der Waals surface area contributed by atoms with Crippen molar-refractivity contribution in [2.75, 3.05) is 0 Å². The average molecular weight is 803 g/mol. The molecule has 2 aromatic heterocycles. The molecule has 0 amide bonds. The first-order chi connectivity index (χ1) is 26.8. The molecule has 11 rings (SSSR count). The lowest BCUT2D eigenvalue weighted by Crippen LogP contribution is -2.07. The molecule has 0 fully saturated rings. The SMILES string of the molecule is c1ccc(C2=IC(c3ccc(-c4cccc5oc6ccc(-c7ccc8c(c7)c7ccccc7n8-c7ccccc7)cc6c45)cc3)=Nc3ccccc32)cc1. The zero-order valence-electron chi connectivity index (χ0n) is 29.1. The molecule has 0 saturated carbocycles. The van der Waals surface area contributed by atoms with E-state index in [9.17, 15) is 0 Å². The smallest absolute Gasteiger partial charge is 0.136 e. The Hall–Kier alpha value is -6.37. The summed E-state index contributed by atoms with van der Waals surface area (Å²) in [5, 5.41) is 4.75. The number of nitrogens with zero attached hydrogens (tertiary/aromatic N) is 2. The largest absolute Gasteiger partial charge is 0.456 e. The molecule has 3 heterocycles. The van der Waals surface area contributed by atoms with Gasteiger partial charge in [-0.1, -0.05) is 154 Å². The molecule has 0 atom stereocenters. The third-order valence-electron chi connectivity index (χ3n) is 10.5. The minimum absolute atomic E-state index is 0.482. The molecule has 54 heavy (non-hydrogen) atoms. The molecule has 8 aromatic carbocycles. The van der Waals surface area contributed by atoms with Gasteiger partial charge in [-0.05, 0) is 82.4 Å². The fraction of sp³-hybridized carbons (Fsp3) is 0. The molecule has 1 aliphatic heterocycles. The number of aromatic nitrogens is 1.